The normalized spacial score (nSPS) is 19.2. The van der Waals surface area contributed by atoms with Crippen LogP contribution >= 0.6 is 0 Å². The average Bonchev–Trinajstić information content (AvgIpc) is 2.41. The van der Waals surface area contributed by atoms with E-state index in [0.717, 1.165) is 31.0 Å². The van der Waals surface area contributed by atoms with Crippen LogP contribution in [-0.4, -0.2) is 32.2 Å². The fourth-order valence-corrected chi connectivity index (χ4v) is 2.61. The predicted octanol–water partition coefficient (Wildman–Crippen LogP) is 2.81. The van der Waals surface area contributed by atoms with Crippen LogP contribution in [0, 0.1) is 0 Å². The van der Waals surface area contributed by atoms with E-state index in [4.69, 9.17) is 9.47 Å². The molecule has 1 aromatic rings. The summed E-state index contributed by atoms with van der Waals surface area (Å²) in [6, 6.07) is 4.61. The first kappa shape index (κ1) is 13.0. The van der Waals surface area contributed by atoms with Crippen LogP contribution in [0.1, 0.15) is 24.1 Å². The Kier molecular flexibility index (Phi) is 3.92. The van der Waals surface area contributed by atoms with Gasteiger partial charge >= 0.3 is 0 Å². The van der Waals surface area contributed by atoms with Crippen molar-refractivity contribution >= 4 is 0 Å². The summed E-state index contributed by atoms with van der Waals surface area (Å²) in [5.74, 6) is 1.63. The molecule has 0 amide bonds. The van der Waals surface area contributed by atoms with Gasteiger partial charge in [0.25, 0.3) is 0 Å². The third-order valence-electron chi connectivity index (χ3n) is 3.68. The first-order chi connectivity index (χ1) is 8.71. The molecule has 0 fully saturated rings. The van der Waals surface area contributed by atoms with Crippen LogP contribution < -0.4 is 9.47 Å². The second-order valence-corrected chi connectivity index (χ2v) is 4.62. The Morgan fingerprint density at radius 1 is 1.33 bits per heavy atom. The first-order valence-electron chi connectivity index (χ1n) is 6.31. The van der Waals surface area contributed by atoms with E-state index in [-0.39, 0.29) is 0 Å². The van der Waals surface area contributed by atoms with Crippen molar-refractivity contribution in [1.29, 1.82) is 0 Å². The highest BCUT2D eigenvalue weighted by molar-refractivity contribution is 5.49. The maximum atomic E-state index is 5.38. The number of rotatable bonds is 4. The van der Waals surface area contributed by atoms with Gasteiger partial charge in [0.15, 0.2) is 11.5 Å². The molecular weight excluding hydrogens is 226 g/mol. The first-order valence-corrected chi connectivity index (χ1v) is 6.31. The molecule has 18 heavy (non-hydrogen) atoms. The molecule has 1 heterocycles. The number of benzene rings is 1. The summed E-state index contributed by atoms with van der Waals surface area (Å²) in [4.78, 5) is 2.42. The molecule has 0 aliphatic carbocycles. The molecule has 0 spiro atoms. The number of fused-ring (bicyclic) bond motifs is 1. The lowest BCUT2D eigenvalue weighted by molar-refractivity contribution is 0.220. The van der Waals surface area contributed by atoms with E-state index < -0.39 is 0 Å². The van der Waals surface area contributed by atoms with Crippen LogP contribution in [0.5, 0.6) is 11.5 Å². The van der Waals surface area contributed by atoms with Gasteiger partial charge in [0.2, 0.25) is 0 Å². The van der Waals surface area contributed by atoms with E-state index in [2.05, 4.69) is 30.5 Å². The van der Waals surface area contributed by atoms with Gasteiger partial charge in [-0.3, -0.25) is 4.90 Å². The van der Waals surface area contributed by atoms with Crippen LogP contribution in [0.4, 0.5) is 0 Å². The predicted molar refractivity (Wildman–Crippen MR) is 73.4 cm³/mol. The molecule has 0 radical (unpaired) electrons. The molecule has 3 heteroatoms. The van der Waals surface area contributed by atoms with E-state index in [9.17, 15) is 0 Å². The Balaban J connectivity index is 2.38. The number of ether oxygens (including phenoxy) is 2. The summed E-state index contributed by atoms with van der Waals surface area (Å²) < 4.78 is 10.7. The molecule has 1 aliphatic heterocycles. The SMILES string of the molecule is C=CCN1CCc2cc(OC)c(OC)cc2[C@H]1C. The van der Waals surface area contributed by atoms with E-state index in [1.165, 1.54) is 11.1 Å². The summed E-state index contributed by atoms with van der Waals surface area (Å²) in [6.45, 7) is 8.04. The molecule has 0 N–H and O–H groups in total. The average molecular weight is 247 g/mol. The van der Waals surface area contributed by atoms with Gasteiger partial charge in [-0.25, -0.2) is 0 Å². The van der Waals surface area contributed by atoms with Crippen molar-refractivity contribution in [3.8, 4) is 11.5 Å². The van der Waals surface area contributed by atoms with E-state index in [1.54, 1.807) is 14.2 Å². The molecule has 2 rings (SSSR count). The highest BCUT2D eigenvalue weighted by Crippen LogP contribution is 2.37. The van der Waals surface area contributed by atoms with Crippen LogP contribution in [0.3, 0.4) is 0 Å². The molecule has 0 saturated heterocycles. The van der Waals surface area contributed by atoms with Crippen LogP contribution in [0.15, 0.2) is 24.8 Å². The van der Waals surface area contributed by atoms with Crippen molar-refractivity contribution in [3.63, 3.8) is 0 Å². The van der Waals surface area contributed by atoms with Crippen LogP contribution in [0.2, 0.25) is 0 Å². The molecule has 98 valence electrons. The minimum Gasteiger partial charge on any atom is -0.493 e. The monoisotopic (exact) mass is 247 g/mol. The fourth-order valence-electron chi connectivity index (χ4n) is 2.61. The Hall–Kier alpha value is -1.48. The molecule has 0 unspecified atom stereocenters. The summed E-state index contributed by atoms with van der Waals surface area (Å²) in [7, 11) is 3.36. The van der Waals surface area contributed by atoms with Crippen molar-refractivity contribution in [2.24, 2.45) is 0 Å². The number of methoxy groups -OCH3 is 2. The third-order valence-corrected chi connectivity index (χ3v) is 3.68. The largest absolute Gasteiger partial charge is 0.493 e. The number of hydrogen-bond donors (Lipinski definition) is 0. The quantitative estimate of drug-likeness (QED) is 0.764. The standard InChI is InChI=1S/C15H21NO2/c1-5-7-16-8-6-12-9-14(17-3)15(18-4)10-13(12)11(16)2/h5,9-11H,1,6-8H2,2-4H3/t11-/m1/s1. The van der Waals surface area contributed by atoms with Crippen LogP contribution in [-0.2, 0) is 6.42 Å². The zero-order valence-corrected chi connectivity index (χ0v) is 11.4. The van der Waals surface area contributed by atoms with Gasteiger partial charge in [0.1, 0.15) is 0 Å². The van der Waals surface area contributed by atoms with Gasteiger partial charge in [0.05, 0.1) is 14.2 Å². The highest BCUT2D eigenvalue weighted by atomic mass is 16.5. The maximum absolute atomic E-state index is 5.38. The topological polar surface area (TPSA) is 21.7 Å². The second-order valence-electron chi connectivity index (χ2n) is 4.62. The smallest absolute Gasteiger partial charge is 0.161 e. The van der Waals surface area contributed by atoms with Crippen LogP contribution in [0.25, 0.3) is 0 Å². The van der Waals surface area contributed by atoms with E-state index in [1.807, 2.05) is 6.08 Å². The van der Waals surface area contributed by atoms with Crippen molar-refractivity contribution in [1.82, 2.24) is 4.90 Å². The number of nitrogens with zero attached hydrogens (tertiary/aromatic N) is 1. The molecule has 0 bridgehead atoms. The maximum Gasteiger partial charge on any atom is 0.161 e. The summed E-state index contributed by atoms with van der Waals surface area (Å²) in [5, 5.41) is 0. The van der Waals surface area contributed by atoms with E-state index >= 15 is 0 Å². The Morgan fingerprint density at radius 3 is 2.61 bits per heavy atom. The Morgan fingerprint density at radius 2 is 2.00 bits per heavy atom. The van der Waals surface area contributed by atoms with Crippen molar-refractivity contribution in [3.05, 3.63) is 35.9 Å². The van der Waals surface area contributed by atoms with Gasteiger partial charge in [-0.15, -0.1) is 6.58 Å². The van der Waals surface area contributed by atoms with Gasteiger partial charge in [-0.05, 0) is 36.6 Å². The zero-order chi connectivity index (χ0) is 13.1. The van der Waals surface area contributed by atoms with Crippen molar-refractivity contribution < 1.29 is 9.47 Å². The van der Waals surface area contributed by atoms with Gasteiger partial charge in [0, 0.05) is 19.1 Å². The lowest BCUT2D eigenvalue weighted by atomic mass is 9.93. The molecule has 3 nitrogen and oxygen atoms in total. The minimum atomic E-state index is 0.395. The summed E-state index contributed by atoms with van der Waals surface area (Å²) in [5.41, 5.74) is 2.70. The van der Waals surface area contributed by atoms with Gasteiger partial charge < -0.3 is 9.47 Å². The zero-order valence-electron chi connectivity index (χ0n) is 11.4. The van der Waals surface area contributed by atoms with Gasteiger partial charge in [-0.1, -0.05) is 6.08 Å². The number of hydrogen-bond acceptors (Lipinski definition) is 3. The summed E-state index contributed by atoms with van der Waals surface area (Å²) in [6.07, 6.45) is 3.01. The molecule has 1 aliphatic rings. The van der Waals surface area contributed by atoms with Gasteiger partial charge in [-0.2, -0.15) is 0 Å². The highest BCUT2D eigenvalue weighted by Gasteiger charge is 2.24. The molecule has 0 aromatic heterocycles. The minimum absolute atomic E-state index is 0.395. The molecular formula is C15H21NO2. The van der Waals surface area contributed by atoms with Crippen molar-refractivity contribution in [2.75, 3.05) is 27.3 Å². The lowest BCUT2D eigenvalue weighted by Gasteiger charge is -2.35. The molecule has 0 saturated carbocycles. The summed E-state index contributed by atoms with van der Waals surface area (Å²) >= 11 is 0. The van der Waals surface area contributed by atoms with E-state index in [0.29, 0.717) is 6.04 Å². The molecule has 1 aromatic carbocycles. The Labute approximate surface area is 109 Å². The molecule has 1 atom stereocenters. The third kappa shape index (κ3) is 2.23. The lowest BCUT2D eigenvalue weighted by Crippen LogP contribution is -2.34. The second kappa shape index (κ2) is 5.44. The fraction of sp³-hybridized carbons (Fsp3) is 0.467. The van der Waals surface area contributed by atoms with Crippen molar-refractivity contribution in [2.45, 2.75) is 19.4 Å². The Bertz CT molecular complexity index is 442.